The molecule has 3 rings (SSSR count). The fourth-order valence-corrected chi connectivity index (χ4v) is 3.93. The minimum atomic E-state index is -2.02. The number of carbonyl (C=O) groups excluding carboxylic acids is 1. The quantitative estimate of drug-likeness (QED) is 0.261. The molecule has 1 aliphatic rings. The van der Waals surface area contributed by atoms with Crippen LogP contribution in [0.4, 0.5) is 0 Å². The van der Waals surface area contributed by atoms with E-state index in [1.807, 2.05) is 0 Å². The van der Waals surface area contributed by atoms with Crippen LogP contribution in [0.5, 0.6) is 17.2 Å². The fraction of sp³-hybridized carbons (Fsp3) is 0.409. The molecule has 1 heterocycles. The summed E-state index contributed by atoms with van der Waals surface area (Å²) in [6, 6.07) is 7.96. The van der Waals surface area contributed by atoms with E-state index >= 15 is 0 Å². The predicted octanol–water partition coefficient (Wildman–Crippen LogP) is -0.721. The lowest BCUT2D eigenvalue weighted by molar-refractivity contribution is -0.274. The molecule has 6 atom stereocenters. The third kappa shape index (κ3) is 4.16. The van der Waals surface area contributed by atoms with Gasteiger partial charge in [0.05, 0.1) is 17.7 Å². The van der Waals surface area contributed by atoms with E-state index in [-0.39, 0.29) is 17.7 Å². The molecular weight excluding hydrogens is 424 g/mol. The number of carbonyl (C=O) groups is 1. The number of rotatable bonds is 6. The standard InChI is InChI=1S/C22H26O10/c1-22(21(31)20(30)19(29)15(9-23)32-22)16-13(25)7-6-12(18(16)28)17(27)14(26)8-10-2-4-11(24)5-3-10/h2-7,14-15,19-21,23-26,28-31H,8-9H2,1H3. The van der Waals surface area contributed by atoms with Crippen LogP contribution in [-0.2, 0) is 16.8 Å². The summed E-state index contributed by atoms with van der Waals surface area (Å²) in [6.45, 7) is 0.483. The molecule has 1 fully saturated rings. The van der Waals surface area contributed by atoms with Crippen molar-refractivity contribution in [1.82, 2.24) is 0 Å². The zero-order valence-corrected chi connectivity index (χ0v) is 17.2. The largest absolute Gasteiger partial charge is 0.508 e. The van der Waals surface area contributed by atoms with Crippen LogP contribution in [0.2, 0.25) is 0 Å². The molecule has 0 spiro atoms. The van der Waals surface area contributed by atoms with Crippen LogP contribution in [0.15, 0.2) is 36.4 Å². The van der Waals surface area contributed by atoms with Gasteiger partial charge in [-0.1, -0.05) is 12.1 Å². The number of aliphatic hydroxyl groups excluding tert-OH is 5. The number of phenolic OH excluding ortho intramolecular Hbond substituents is 3. The van der Waals surface area contributed by atoms with Crippen LogP contribution in [-0.4, -0.2) is 83.8 Å². The molecule has 174 valence electrons. The summed E-state index contributed by atoms with van der Waals surface area (Å²) in [5, 5.41) is 81.1. The topological polar surface area (TPSA) is 188 Å². The second-order valence-corrected chi connectivity index (χ2v) is 7.98. The molecule has 10 heteroatoms. The second-order valence-electron chi connectivity index (χ2n) is 7.98. The summed E-state index contributed by atoms with van der Waals surface area (Å²) in [6.07, 6.45) is -8.32. The van der Waals surface area contributed by atoms with E-state index in [1.54, 1.807) is 0 Å². The zero-order chi connectivity index (χ0) is 23.8. The monoisotopic (exact) mass is 450 g/mol. The van der Waals surface area contributed by atoms with Gasteiger partial charge < -0.3 is 45.6 Å². The van der Waals surface area contributed by atoms with Crippen molar-refractivity contribution >= 4 is 5.78 Å². The van der Waals surface area contributed by atoms with Gasteiger partial charge in [0.15, 0.2) is 5.78 Å². The van der Waals surface area contributed by atoms with Gasteiger partial charge >= 0.3 is 0 Å². The zero-order valence-electron chi connectivity index (χ0n) is 17.2. The van der Waals surface area contributed by atoms with E-state index in [4.69, 9.17) is 4.74 Å². The number of ether oxygens (including phenoxy) is 1. The van der Waals surface area contributed by atoms with E-state index in [0.29, 0.717) is 5.56 Å². The first kappa shape index (κ1) is 23.9. The fourth-order valence-electron chi connectivity index (χ4n) is 3.93. The van der Waals surface area contributed by atoms with Crippen LogP contribution in [0.1, 0.15) is 28.4 Å². The van der Waals surface area contributed by atoms with Crippen molar-refractivity contribution in [2.75, 3.05) is 6.61 Å². The molecule has 6 unspecified atom stereocenters. The minimum Gasteiger partial charge on any atom is -0.508 e. The molecule has 10 nitrogen and oxygen atoms in total. The van der Waals surface area contributed by atoms with Gasteiger partial charge in [0, 0.05) is 6.42 Å². The average molecular weight is 450 g/mol. The molecule has 0 radical (unpaired) electrons. The molecule has 2 aromatic rings. The van der Waals surface area contributed by atoms with E-state index in [2.05, 4.69) is 0 Å². The molecule has 0 bridgehead atoms. The highest BCUT2D eigenvalue weighted by atomic mass is 16.6. The SMILES string of the molecule is CC1(c2c(O)ccc(C(=O)C(O)Cc3ccc(O)cc3)c2O)OC(CO)C(O)C(O)C1O. The molecule has 0 saturated carbocycles. The average Bonchev–Trinajstić information content (AvgIpc) is 2.76. The summed E-state index contributed by atoms with van der Waals surface area (Å²) in [7, 11) is 0. The van der Waals surface area contributed by atoms with Crippen molar-refractivity contribution < 1.29 is 50.4 Å². The second kappa shape index (κ2) is 9.02. The first-order valence-corrected chi connectivity index (χ1v) is 9.89. The molecule has 1 saturated heterocycles. The smallest absolute Gasteiger partial charge is 0.195 e. The lowest BCUT2D eigenvalue weighted by Crippen LogP contribution is -2.62. The van der Waals surface area contributed by atoms with Crippen LogP contribution >= 0.6 is 0 Å². The Morgan fingerprint density at radius 3 is 2.25 bits per heavy atom. The van der Waals surface area contributed by atoms with Crippen molar-refractivity contribution in [3.63, 3.8) is 0 Å². The van der Waals surface area contributed by atoms with E-state index in [0.717, 1.165) is 12.1 Å². The number of phenols is 3. The van der Waals surface area contributed by atoms with Crippen LogP contribution in [0, 0.1) is 0 Å². The summed E-state index contributed by atoms with van der Waals surface area (Å²) in [5.74, 6) is -2.23. The van der Waals surface area contributed by atoms with Gasteiger partial charge in [0.25, 0.3) is 0 Å². The third-order valence-electron chi connectivity index (χ3n) is 5.78. The van der Waals surface area contributed by atoms with E-state index in [9.17, 15) is 45.6 Å². The molecule has 8 N–H and O–H groups in total. The van der Waals surface area contributed by atoms with Gasteiger partial charge in [0.1, 0.15) is 53.4 Å². The number of aliphatic hydroxyl groups is 5. The third-order valence-corrected chi connectivity index (χ3v) is 5.78. The predicted molar refractivity (Wildman–Crippen MR) is 109 cm³/mol. The van der Waals surface area contributed by atoms with E-state index in [1.165, 1.54) is 31.2 Å². The summed E-state index contributed by atoms with van der Waals surface area (Å²) >= 11 is 0. The van der Waals surface area contributed by atoms with E-state index < -0.39 is 65.6 Å². The summed E-state index contributed by atoms with van der Waals surface area (Å²) in [4.78, 5) is 12.8. The molecule has 0 amide bonds. The van der Waals surface area contributed by atoms with Crippen molar-refractivity contribution in [2.45, 2.75) is 49.5 Å². The maximum absolute atomic E-state index is 12.8. The Hall–Kier alpha value is -2.73. The first-order valence-electron chi connectivity index (χ1n) is 9.89. The van der Waals surface area contributed by atoms with Crippen LogP contribution in [0.25, 0.3) is 0 Å². The van der Waals surface area contributed by atoms with Gasteiger partial charge in [-0.05, 0) is 36.8 Å². The molecular formula is C22H26O10. The maximum atomic E-state index is 12.8. The number of hydrogen-bond donors (Lipinski definition) is 8. The highest BCUT2D eigenvalue weighted by Gasteiger charge is 2.53. The number of ketones is 1. The summed E-state index contributed by atoms with van der Waals surface area (Å²) in [5.41, 5.74) is -2.29. The minimum absolute atomic E-state index is 0.0168. The van der Waals surface area contributed by atoms with Gasteiger partial charge in [-0.3, -0.25) is 4.79 Å². The first-order chi connectivity index (χ1) is 15.0. The van der Waals surface area contributed by atoms with Crippen molar-refractivity contribution in [3.05, 3.63) is 53.1 Å². The molecule has 2 aromatic carbocycles. The Kier molecular flexibility index (Phi) is 6.75. The maximum Gasteiger partial charge on any atom is 0.195 e. The van der Waals surface area contributed by atoms with Crippen molar-refractivity contribution in [1.29, 1.82) is 0 Å². The highest BCUT2D eigenvalue weighted by Crippen LogP contribution is 2.47. The van der Waals surface area contributed by atoms with Crippen LogP contribution < -0.4 is 0 Å². The van der Waals surface area contributed by atoms with Gasteiger partial charge in [0.2, 0.25) is 0 Å². The molecule has 0 aromatic heterocycles. The van der Waals surface area contributed by atoms with Crippen molar-refractivity contribution in [3.8, 4) is 17.2 Å². The Morgan fingerprint density at radius 1 is 1.03 bits per heavy atom. The van der Waals surface area contributed by atoms with Gasteiger partial charge in [-0.15, -0.1) is 0 Å². The molecule has 0 aliphatic carbocycles. The lowest BCUT2D eigenvalue weighted by atomic mass is 9.79. The Morgan fingerprint density at radius 2 is 1.66 bits per heavy atom. The summed E-state index contributed by atoms with van der Waals surface area (Å²) < 4.78 is 5.54. The molecule has 32 heavy (non-hydrogen) atoms. The number of Topliss-reactive ketones (excluding diaryl/α,β-unsaturated/α-hetero) is 1. The molecule has 1 aliphatic heterocycles. The Labute approximate surface area is 183 Å². The van der Waals surface area contributed by atoms with Crippen LogP contribution in [0.3, 0.4) is 0 Å². The number of benzene rings is 2. The van der Waals surface area contributed by atoms with Gasteiger partial charge in [-0.2, -0.15) is 0 Å². The van der Waals surface area contributed by atoms with Crippen molar-refractivity contribution in [2.24, 2.45) is 0 Å². The van der Waals surface area contributed by atoms with Gasteiger partial charge in [-0.25, -0.2) is 0 Å². The number of hydrogen-bond acceptors (Lipinski definition) is 10. The Balaban J connectivity index is 1.97. The number of aromatic hydroxyl groups is 3. The lowest BCUT2D eigenvalue weighted by Gasteiger charge is -2.47. The normalized spacial score (nSPS) is 28.9. The Bertz CT molecular complexity index is 973. The highest BCUT2D eigenvalue weighted by molar-refractivity contribution is 6.02.